The molecule has 0 fully saturated rings. The van der Waals surface area contributed by atoms with E-state index in [2.05, 4.69) is 6.92 Å². The molecule has 4 nitrogen and oxygen atoms in total. The van der Waals surface area contributed by atoms with Gasteiger partial charge < -0.3 is 9.47 Å². The first-order valence-electron chi connectivity index (χ1n) is 8.35. The summed E-state index contributed by atoms with van der Waals surface area (Å²) in [5, 5.41) is 0.360. The van der Waals surface area contributed by atoms with E-state index in [-0.39, 0.29) is 5.97 Å². The number of hydrogen-bond acceptors (Lipinski definition) is 4. The van der Waals surface area contributed by atoms with Crippen LogP contribution >= 0.6 is 11.6 Å². The lowest BCUT2D eigenvalue weighted by Gasteiger charge is -2.07. The summed E-state index contributed by atoms with van der Waals surface area (Å²) in [5.41, 5.74) is 0.740. The van der Waals surface area contributed by atoms with E-state index < -0.39 is 5.97 Å². The van der Waals surface area contributed by atoms with Crippen LogP contribution < -0.4 is 4.74 Å². The summed E-state index contributed by atoms with van der Waals surface area (Å²) < 4.78 is 10.5. The first-order chi connectivity index (χ1) is 12.1. The van der Waals surface area contributed by atoms with Crippen LogP contribution in [0, 0.1) is 0 Å². The lowest BCUT2D eigenvalue weighted by atomic mass is 10.1. The second-order valence-corrected chi connectivity index (χ2v) is 6.00. The summed E-state index contributed by atoms with van der Waals surface area (Å²) in [4.78, 5) is 24.1. The maximum absolute atomic E-state index is 12.1. The van der Waals surface area contributed by atoms with Gasteiger partial charge in [-0.2, -0.15) is 0 Å². The van der Waals surface area contributed by atoms with Gasteiger partial charge in [-0.3, -0.25) is 0 Å². The van der Waals surface area contributed by atoms with Crippen molar-refractivity contribution >= 4 is 23.5 Å². The number of para-hydroxylation sites is 1. The highest BCUT2D eigenvalue weighted by Gasteiger charge is 2.13. The summed E-state index contributed by atoms with van der Waals surface area (Å²) in [5.74, 6) is -0.625. The van der Waals surface area contributed by atoms with Crippen LogP contribution in [0.4, 0.5) is 0 Å². The van der Waals surface area contributed by atoms with Crippen LogP contribution in [-0.2, 0) is 4.74 Å². The lowest BCUT2D eigenvalue weighted by Crippen LogP contribution is -2.10. The number of hydrogen-bond donors (Lipinski definition) is 0. The minimum Gasteiger partial charge on any atom is -0.462 e. The highest BCUT2D eigenvalue weighted by molar-refractivity contribution is 6.32. The summed E-state index contributed by atoms with van der Waals surface area (Å²) in [6.45, 7) is 2.54. The third kappa shape index (κ3) is 5.91. The highest BCUT2D eigenvalue weighted by atomic mass is 35.5. The first-order valence-corrected chi connectivity index (χ1v) is 8.73. The fraction of sp³-hybridized carbons (Fsp3) is 0.300. The number of esters is 2. The predicted octanol–water partition coefficient (Wildman–Crippen LogP) is 5.30. The van der Waals surface area contributed by atoms with E-state index in [9.17, 15) is 9.59 Å². The molecule has 0 spiro atoms. The van der Waals surface area contributed by atoms with Crippen molar-refractivity contribution in [2.24, 2.45) is 0 Å². The predicted molar refractivity (Wildman–Crippen MR) is 97.3 cm³/mol. The number of rotatable bonds is 8. The zero-order valence-corrected chi connectivity index (χ0v) is 14.9. The van der Waals surface area contributed by atoms with Gasteiger partial charge in [-0.15, -0.1) is 0 Å². The molecular weight excluding hydrogens is 340 g/mol. The minimum absolute atomic E-state index is 0.296. The molecule has 5 heteroatoms. The average molecular weight is 361 g/mol. The van der Waals surface area contributed by atoms with E-state index in [1.165, 1.54) is 12.1 Å². The number of benzene rings is 2. The monoisotopic (exact) mass is 360 g/mol. The molecule has 0 saturated heterocycles. The quantitative estimate of drug-likeness (QED) is 0.364. The summed E-state index contributed by atoms with van der Waals surface area (Å²) in [6.07, 6.45) is 4.19. The molecule has 0 amide bonds. The Bertz CT molecular complexity index is 710. The molecule has 132 valence electrons. The zero-order valence-electron chi connectivity index (χ0n) is 14.2. The third-order valence-electron chi connectivity index (χ3n) is 3.63. The van der Waals surface area contributed by atoms with Crippen molar-refractivity contribution in [2.45, 2.75) is 32.6 Å². The fourth-order valence-electron chi connectivity index (χ4n) is 2.21. The Balaban J connectivity index is 1.89. The van der Waals surface area contributed by atoms with E-state index in [1.807, 2.05) is 0 Å². The Hall–Kier alpha value is -2.33. The van der Waals surface area contributed by atoms with Crippen LogP contribution in [0.25, 0.3) is 0 Å². The Kier molecular flexibility index (Phi) is 7.48. The summed E-state index contributed by atoms with van der Waals surface area (Å²) in [6, 6.07) is 12.9. The van der Waals surface area contributed by atoms with Crippen molar-refractivity contribution in [1.29, 1.82) is 0 Å². The molecule has 0 aliphatic carbocycles. The zero-order chi connectivity index (χ0) is 18.1. The topological polar surface area (TPSA) is 52.6 Å². The maximum Gasteiger partial charge on any atom is 0.343 e. The van der Waals surface area contributed by atoms with E-state index in [0.717, 1.165) is 25.7 Å². The summed E-state index contributed by atoms with van der Waals surface area (Å²) in [7, 11) is 0. The van der Waals surface area contributed by atoms with Crippen LogP contribution in [0.15, 0.2) is 48.5 Å². The lowest BCUT2D eigenvalue weighted by molar-refractivity contribution is 0.0497. The van der Waals surface area contributed by atoms with Crippen molar-refractivity contribution < 1.29 is 19.1 Å². The number of halogens is 1. The Morgan fingerprint density at radius 2 is 1.52 bits per heavy atom. The Morgan fingerprint density at radius 1 is 0.880 bits per heavy atom. The summed E-state index contributed by atoms with van der Waals surface area (Å²) >= 11 is 5.96. The largest absolute Gasteiger partial charge is 0.462 e. The number of ether oxygens (including phenoxy) is 2. The first kappa shape index (κ1) is 19.0. The molecule has 0 radical (unpaired) electrons. The third-order valence-corrected chi connectivity index (χ3v) is 3.94. The van der Waals surface area contributed by atoms with Gasteiger partial charge >= 0.3 is 11.9 Å². The van der Waals surface area contributed by atoms with Crippen LogP contribution in [0.3, 0.4) is 0 Å². The van der Waals surface area contributed by atoms with Gasteiger partial charge in [-0.25, -0.2) is 9.59 Å². The number of carbonyl (C=O) groups is 2. The molecule has 0 N–H and O–H groups in total. The molecule has 2 aromatic rings. The van der Waals surface area contributed by atoms with E-state index in [0.29, 0.717) is 28.5 Å². The number of carbonyl (C=O) groups excluding carboxylic acids is 2. The molecular formula is C20H21ClO4. The minimum atomic E-state index is -0.535. The molecule has 0 atom stereocenters. The van der Waals surface area contributed by atoms with Gasteiger partial charge in [-0.1, -0.05) is 49.9 Å². The molecule has 0 bridgehead atoms. The number of unbranched alkanes of at least 4 members (excludes halogenated alkanes) is 3. The van der Waals surface area contributed by atoms with Crippen LogP contribution in [0.5, 0.6) is 5.75 Å². The smallest absolute Gasteiger partial charge is 0.343 e. The SMILES string of the molecule is CCCCCCOC(=O)c1ccc(C(=O)Oc2ccccc2Cl)cc1. The standard InChI is InChI=1S/C20H21ClO4/c1-2-3-4-7-14-24-19(22)15-10-12-16(13-11-15)20(23)25-18-9-6-5-8-17(18)21/h5-6,8-13H,2-4,7,14H2,1H3. The molecule has 0 unspecified atom stereocenters. The molecule has 2 aromatic carbocycles. The van der Waals surface area contributed by atoms with Gasteiger partial charge in [0.15, 0.2) is 0 Å². The van der Waals surface area contributed by atoms with Gasteiger partial charge in [0.1, 0.15) is 5.75 Å². The molecule has 0 heterocycles. The van der Waals surface area contributed by atoms with Crippen molar-refractivity contribution in [3.05, 3.63) is 64.7 Å². The van der Waals surface area contributed by atoms with Crippen molar-refractivity contribution in [2.75, 3.05) is 6.61 Å². The molecule has 25 heavy (non-hydrogen) atoms. The molecule has 2 rings (SSSR count). The molecule has 0 aliphatic rings. The van der Waals surface area contributed by atoms with Crippen molar-refractivity contribution in [3.8, 4) is 5.75 Å². The van der Waals surface area contributed by atoms with Gasteiger partial charge in [0.25, 0.3) is 0 Å². The second kappa shape index (κ2) is 9.84. The molecule has 0 aliphatic heterocycles. The van der Waals surface area contributed by atoms with E-state index in [1.54, 1.807) is 36.4 Å². The second-order valence-electron chi connectivity index (χ2n) is 5.59. The Morgan fingerprint density at radius 3 is 2.16 bits per heavy atom. The Labute approximate surface area is 152 Å². The van der Waals surface area contributed by atoms with Gasteiger partial charge in [0.05, 0.1) is 22.8 Å². The van der Waals surface area contributed by atoms with Gasteiger partial charge in [0.2, 0.25) is 0 Å². The normalized spacial score (nSPS) is 10.3. The van der Waals surface area contributed by atoms with E-state index in [4.69, 9.17) is 21.1 Å². The van der Waals surface area contributed by atoms with Gasteiger partial charge in [0, 0.05) is 0 Å². The van der Waals surface area contributed by atoms with Crippen LogP contribution in [0.1, 0.15) is 53.3 Å². The van der Waals surface area contributed by atoms with Crippen molar-refractivity contribution in [3.63, 3.8) is 0 Å². The van der Waals surface area contributed by atoms with Crippen LogP contribution in [0.2, 0.25) is 5.02 Å². The maximum atomic E-state index is 12.1. The van der Waals surface area contributed by atoms with Gasteiger partial charge in [-0.05, 0) is 42.8 Å². The molecule has 0 saturated carbocycles. The van der Waals surface area contributed by atoms with Crippen LogP contribution in [-0.4, -0.2) is 18.5 Å². The molecule has 0 aromatic heterocycles. The van der Waals surface area contributed by atoms with E-state index >= 15 is 0 Å². The van der Waals surface area contributed by atoms with Crippen molar-refractivity contribution in [1.82, 2.24) is 0 Å². The highest BCUT2D eigenvalue weighted by Crippen LogP contribution is 2.24. The average Bonchev–Trinajstić information content (AvgIpc) is 2.63. The fourth-order valence-corrected chi connectivity index (χ4v) is 2.38.